The number of rotatable bonds is 5. The lowest BCUT2D eigenvalue weighted by atomic mass is 10.4. The van der Waals surface area contributed by atoms with Crippen LogP contribution in [0.3, 0.4) is 0 Å². The van der Waals surface area contributed by atoms with E-state index in [1.54, 1.807) is 7.11 Å². The molecule has 7 heteroatoms. The van der Waals surface area contributed by atoms with Crippen molar-refractivity contribution in [2.24, 2.45) is 0 Å². The maximum atomic E-state index is 11.5. The SMILES string of the molecule is COCCNS(=O)(=O)C1CCNC1.Cl. The van der Waals surface area contributed by atoms with Crippen LogP contribution >= 0.6 is 12.4 Å². The molecule has 2 N–H and O–H groups in total. The van der Waals surface area contributed by atoms with Gasteiger partial charge in [0.1, 0.15) is 0 Å². The summed E-state index contributed by atoms with van der Waals surface area (Å²) < 4.78 is 30.3. The maximum Gasteiger partial charge on any atom is 0.215 e. The Kier molecular flexibility index (Phi) is 6.63. The van der Waals surface area contributed by atoms with E-state index in [0.717, 1.165) is 6.54 Å². The molecule has 0 radical (unpaired) electrons. The molecular formula is C7H17ClN2O3S. The zero-order chi connectivity index (χ0) is 9.73. The van der Waals surface area contributed by atoms with Crippen molar-refractivity contribution in [2.75, 3.05) is 33.4 Å². The maximum absolute atomic E-state index is 11.5. The van der Waals surface area contributed by atoms with Crippen molar-refractivity contribution in [3.63, 3.8) is 0 Å². The van der Waals surface area contributed by atoms with Crippen LogP contribution in [0.1, 0.15) is 6.42 Å². The summed E-state index contributed by atoms with van der Waals surface area (Å²) >= 11 is 0. The number of ether oxygens (including phenoxy) is 1. The Labute approximate surface area is 91.1 Å². The fraction of sp³-hybridized carbons (Fsp3) is 1.00. The third-order valence-corrected chi connectivity index (χ3v) is 3.95. The lowest BCUT2D eigenvalue weighted by Crippen LogP contribution is -2.37. The number of nitrogens with one attached hydrogen (secondary N) is 2. The van der Waals surface area contributed by atoms with Gasteiger partial charge in [-0.2, -0.15) is 0 Å². The molecule has 1 atom stereocenters. The summed E-state index contributed by atoms with van der Waals surface area (Å²) in [4.78, 5) is 0. The quantitative estimate of drug-likeness (QED) is 0.630. The first-order valence-corrected chi connectivity index (χ1v) is 5.89. The minimum atomic E-state index is -3.12. The summed E-state index contributed by atoms with van der Waals surface area (Å²) in [7, 11) is -1.58. The Morgan fingerprint density at radius 1 is 1.57 bits per heavy atom. The van der Waals surface area contributed by atoms with Gasteiger partial charge in [0.15, 0.2) is 0 Å². The van der Waals surface area contributed by atoms with E-state index in [9.17, 15) is 8.42 Å². The average molecular weight is 245 g/mol. The molecule has 14 heavy (non-hydrogen) atoms. The fourth-order valence-electron chi connectivity index (χ4n) is 1.30. The Bertz CT molecular complexity index is 239. The standard InChI is InChI=1S/C7H16N2O3S.ClH/c1-12-5-4-9-13(10,11)7-2-3-8-6-7;/h7-9H,2-6H2,1H3;1H. The first-order chi connectivity index (χ1) is 6.17. The largest absolute Gasteiger partial charge is 0.383 e. The molecule has 1 unspecified atom stereocenters. The van der Waals surface area contributed by atoms with E-state index >= 15 is 0 Å². The number of hydrogen-bond acceptors (Lipinski definition) is 4. The van der Waals surface area contributed by atoms with Crippen LogP contribution in [0.5, 0.6) is 0 Å². The third kappa shape index (κ3) is 4.10. The van der Waals surface area contributed by atoms with Crippen LogP contribution < -0.4 is 10.0 Å². The van der Waals surface area contributed by atoms with Crippen molar-refractivity contribution in [1.29, 1.82) is 0 Å². The molecule has 0 spiro atoms. The van der Waals surface area contributed by atoms with Gasteiger partial charge in [-0.3, -0.25) is 0 Å². The first kappa shape index (κ1) is 14.1. The predicted octanol–water partition coefficient (Wildman–Crippen LogP) is -0.664. The van der Waals surface area contributed by atoms with Gasteiger partial charge in [-0.1, -0.05) is 0 Å². The summed E-state index contributed by atoms with van der Waals surface area (Å²) in [5.74, 6) is 0. The Hall–Kier alpha value is 0.120. The topological polar surface area (TPSA) is 67.4 Å². The molecule has 0 aromatic heterocycles. The van der Waals surface area contributed by atoms with Crippen molar-refractivity contribution >= 4 is 22.4 Å². The molecule has 1 aliphatic heterocycles. The van der Waals surface area contributed by atoms with E-state index in [1.165, 1.54) is 0 Å². The highest BCUT2D eigenvalue weighted by atomic mass is 35.5. The third-order valence-electron chi connectivity index (χ3n) is 2.06. The van der Waals surface area contributed by atoms with Gasteiger partial charge in [-0.05, 0) is 13.0 Å². The zero-order valence-corrected chi connectivity index (χ0v) is 9.79. The molecule has 0 aliphatic carbocycles. The van der Waals surface area contributed by atoms with E-state index < -0.39 is 10.0 Å². The van der Waals surface area contributed by atoms with Crippen LogP contribution in [0, 0.1) is 0 Å². The monoisotopic (exact) mass is 244 g/mol. The lowest BCUT2D eigenvalue weighted by molar-refractivity contribution is 0.204. The van der Waals surface area contributed by atoms with Gasteiger partial charge in [0.2, 0.25) is 10.0 Å². The summed E-state index contributed by atoms with van der Waals surface area (Å²) in [6, 6.07) is 0. The summed E-state index contributed by atoms with van der Waals surface area (Å²) in [5.41, 5.74) is 0. The molecule has 1 fully saturated rings. The molecule has 1 heterocycles. The van der Waals surface area contributed by atoms with Gasteiger partial charge in [0.25, 0.3) is 0 Å². The van der Waals surface area contributed by atoms with Gasteiger partial charge in [0, 0.05) is 20.2 Å². The minimum absolute atomic E-state index is 0. The van der Waals surface area contributed by atoms with Gasteiger partial charge in [0.05, 0.1) is 11.9 Å². The van der Waals surface area contributed by atoms with Gasteiger partial charge < -0.3 is 10.1 Å². The lowest BCUT2D eigenvalue weighted by Gasteiger charge is -2.10. The highest BCUT2D eigenvalue weighted by Crippen LogP contribution is 2.07. The van der Waals surface area contributed by atoms with Gasteiger partial charge >= 0.3 is 0 Å². The van der Waals surface area contributed by atoms with Crippen LogP contribution in [0.15, 0.2) is 0 Å². The van der Waals surface area contributed by atoms with Crippen molar-refractivity contribution in [3.8, 4) is 0 Å². The second kappa shape index (κ2) is 6.58. The van der Waals surface area contributed by atoms with E-state index in [2.05, 4.69) is 10.0 Å². The molecule has 86 valence electrons. The molecule has 0 aromatic rings. The minimum Gasteiger partial charge on any atom is -0.383 e. The molecule has 1 aliphatic rings. The number of hydrogen-bond donors (Lipinski definition) is 2. The summed E-state index contributed by atoms with van der Waals surface area (Å²) in [6.07, 6.45) is 0.697. The smallest absolute Gasteiger partial charge is 0.215 e. The molecule has 0 bridgehead atoms. The van der Waals surface area contributed by atoms with E-state index in [1.807, 2.05) is 0 Å². The summed E-state index contributed by atoms with van der Waals surface area (Å²) in [5, 5.41) is 2.74. The van der Waals surface area contributed by atoms with Crippen LogP contribution in [0.25, 0.3) is 0 Å². The molecule has 1 rings (SSSR count). The Morgan fingerprint density at radius 2 is 2.29 bits per heavy atom. The second-order valence-electron chi connectivity index (χ2n) is 3.05. The second-order valence-corrected chi connectivity index (χ2v) is 5.09. The number of methoxy groups -OCH3 is 1. The Balaban J connectivity index is 0.00000169. The highest BCUT2D eigenvalue weighted by molar-refractivity contribution is 7.90. The normalized spacial score (nSPS) is 21.9. The summed E-state index contributed by atoms with van der Waals surface area (Å²) in [6.45, 7) is 2.12. The van der Waals surface area contributed by atoms with E-state index in [0.29, 0.717) is 26.1 Å². The number of halogens is 1. The fourth-order valence-corrected chi connectivity index (χ4v) is 2.67. The van der Waals surface area contributed by atoms with E-state index in [4.69, 9.17) is 4.74 Å². The first-order valence-electron chi connectivity index (χ1n) is 4.35. The molecular weight excluding hydrogens is 228 g/mol. The zero-order valence-electron chi connectivity index (χ0n) is 8.15. The van der Waals surface area contributed by atoms with Gasteiger partial charge in [-0.25, -0.2) is 13.1 Å². The van der Waals surface area contributed by atoms with Crippen molar-refractivity contribution < 1.29 is 13.2 Å². The molecule has 0 aromatic carbocycles. The van der Waals surface area contributed by atoms with Crippen molar-refractivity contribution in [1.82, 2.24) is 10.0 Å². The van der Waals surface area contributed by atoms with Crippen LogP contribution in [-0.2, 0) is 14.8 Å². The van der Waals surface area contributed by atoms with E-state index in [-0.39, 0.29) is 17.7 Å². The predicted molar refractivity (Wildman–Crippen MR) is 57.3 cm³/mol. The van der Waals surface area contributed by atoms with Crippen molar-refractivity contribution in [2.45, 2.75) is 11.7 Å². The van der Waals surface area contributed by atoms with Crippen LogP contribution in [-0.4, -0.2) is 47.0 Å². The highest BCUT2D eigenvalue weighted by Gasteiger charge is 2.27. The van der Waals surface area contributed by atoms with Gasteiger partial charge in [-0.15, -0.1) is 12.4 Å². The molecule has 0 saturated carbocycles. The van der Waals surface area contributed by atoms with Crippen LogP contribution in [0.2, 0.25) is 0 Å². The molecule has 5 nitrogen and oxygen atoms in total. The molecule has 0 amide bonds. The average Bonchev–Trinajstić information content (AvgIpc) is 2.56. The Morgan fingerprint density at radius 3 is 2.79 bits per heavy atom. The van der Waals surface area contributed by atoms with Crippen molar-refractivity contribution in [3.05, 3.63) is 0 Å². The number of sulfonamides is 1. The molecule has 1 saturated heterocycles. The van der Waals surface area contributed by atoms with Crippen LogP contribution in [0.4, 0.5) is 0 Å².